The average Bonchev–Trinajstić information content (AvgIpc) is 2.65. The fraction of sp³-hybridized carbons (Fsp3) is 0.526. The molecule has 2 N–H and O–H groups in total. The number of carboxylic acid groups (broad SMARTS) is 1. The van der Waals surface area contributed by atoms with Crippen molar-refractivity contribution in [1.82, 2.24) is 4.90 Å². The number of likely N-dealkylation sites (tertiary alicyclic amines) is 1. The first-order chi connectivity index (χ1) is 12.5. The summed E-state index contributed by atoms with van der Waals surface area (Å²) in [4.78, 5) is 37.5. The Bertz CT molecular complexity index is 647. The van der Waals surface area contributed by atoms with Crippen LogP contribution in [0.5, 0.6) is 0 Å². The maximum absolute atomic E-state index is 12.7. The van der Waals surface area contributed by atoms with Crippen LogP contribution < -0.4 is 5.32 Å². The second kappa shape index (κ2) is 9.91. The van der Waals surface area contributed by atoms with E-state index in [1.165, 1.54) is 4.90 Å². The second-order valence-electron chi connectivity index (χ2n) is 6.28. The molecular formula is C19H26N2O5. The summed E-state index contributed by atoms with van der Waals surface area (Å²) >= 11 is 0. The number of carbonyl (C=O) groups excluding carboxylic acids is 2. The fourth-order valence-corrected chi connectivity index (χ4v) is 3.03. The summed E-state index contributed by atoms with van der Waals surface area (Å²) in [6.45, 7) is 3.50. The van der Waals surface area contributed by atoms with Gasteiger partial charge in [0.05, 0.1) is 0 Å². The molecule has 7 nitrogen and oxygen atoms in total. The van der Waals surface area contributed by atoms with E-state index in [2.05, 4.69) is 5.32 Å². The normalized spacial score (nSPS) is 17.0. The predicted molar refractivity (Wildman–Crippen MR) is 97.1 cm³/mol. The topological polar surface area (TPSA) is 95.9 Å². The number of hydrogen-bond donors (Lipinski definition) is 2. The molecule has 1 heterocycles. The van der Waals surface area contributed by atoms with Crippen molar-refractivity contribution >= 4 is 23.5 Å². The van der Waals surface area contributed by atoms with Crippen molar-refractivity contribution in [2.24, 2.45) is 0 Å². The number of anilines is 1. The van der Waals surface area contributed by atoms with Crippen LogP contribution in [0.2, 0.25) is 0 Å². The van der Waals surface area contributed by atoms with Crippen LogP contribution in [-0.2, 0) is 14.3 Å². The Balaban J connectivity index is 2.00. The van der Waals surface area contributed by atoms with E-state index >= 15 is 0 Å². The quantitative estimate of drug-likeness (QED) is 0.693. The van der Waals surface area contributed by atoms with Crippen LogP contribution >= 0.6 is 0 Å². The van der Waals surface area contributed by atoms with Crippen molar-refractivity contribution in [2.45, 2.75) is 45.1 Å². The van der Waals surface area contributed by atoms with Gasteiger partial charge < -0.3 is 20.1 Å². The maximum Gasteiger partial charge on any atom is 0.326 e. The molecule has 1 unspecified atom stereocenters. The smallest absolute Gasteiger partial charge is 0.326 e. The standard InChI is InChI=1S/C19H26N2O5/c1-2-26-12-6-10-17(22)20-15-8-5-7-14(13-15)18(23)21-11-4-3-9-16(21)19(24)25/h5,7-8,13,16H,2-4,6,9-12H2,1H3,(H,20,22)(H,24,25). The molecule has 142 valence electrons. The molecule has 2 amide bonds. The molecule has 1 aliphatic rings. The number of nitrogens with zero attached hydrogens (tertiary/aromatic N) is 1. The minimum atomic E-state index is -0.975. The molecule has 1 aliphatic heterocycles. The third kappa shape index (κ3) is 5.56. The van der Waals surface area contributed by atoms with Gasteiger partial charge in [0.25, 0.3) is 5.91 Å². The number of nitrogens with one attached hydrogen (secondary N) is 1. The molecule has 0 bridgehead atoms. The predicted octanol–water partition coefficient (Wildman–Crippen LogP) is 2.52. The van der Waals surface area contributed by atoms with Gasteiger partial charge in [-0.15, -0.1) is 0 Å². The summed E-state index contributed by atoms with van der Waals surface area (Å²) < 4.78 is 5.20. The highest BCUT2D eigenvalue weighted by molar-refractivity contribution is 5.98. The molecule has 7 heteroatoms. The fourth-order valence-electron chi connectivity index (χ4n) is 3.03. The van der Waals surface area contributed by atoms with E-state index in [0.717, 1.165) is 12.8 Å². The first-order valence-electron chi connectivity index (χ1n) is 9.04. The maximum atomic E-state index is 12.7. The Kier molecular flexibility index (Phi) is 7.59. The first-order valence-corrected chi connectivity index (χ1v) is 9.04. The van der Waals surface area contributed by atoms with E-state index < -0.39 is 12.0 Å². The van der Waals surface area contributed by atoms with Crippen LogP contribution in [0, 0.1) is 0 Å². The van der Waals surface area contributed by atoms with Crippen LogP contribution in [0.1, 0.15) is 49.4 Å². The molecule has 2 rings (SSSR count). The SMILES string of the molecule is CCOCCCC(=O)Nc1cccc(C(=O)N2CCCCC2C(=O)O)c1. The van der Waals surface area contributed by atoms with Gasteiger partial charge in [-0.2, -0.15) is 0 Å². The van der Waals surface area contributed by atoms with Gasteiger partial charge in [0.1, 0.15) is 6.04 Å². The average molecular weight is 362 g/mol. The first kappa shape index (κ1) is 19.9. The minimum absolute atomic E-state index is 0.143. The third-order valence-electron chi connectivity index (χ3n) is 4.34. The van der Waals surface area contributed by atoms with E-state index in [4.69, 9.17) is 4.74 Å². The lowest BCUT2D eigenvalue weighted by Crippen LogP contribution is -2.48. The highest BCUT2D eigenvalue weighted by Crippen LogP contribution is 2.21. The van der Waals surface area contributed by atoms with Gasteiger partial charge in [-0.1, -0.05) is 6.07 Å². The van der Waals surface area contributed by atoms with E-state index in [1.807, 2.05) is 6.92 Å². The number of carbonyl (C=O) groups is 3. The largest absolute Gasteiger partial charge is 0.480 e. The van der Waals surface area contributed by atoms with E-state index in [9.17, 15) is 19.5 Å². The zero-order valence-electron chi connectivity index (χ0n) is 15.1. The Hall–Kier alpha value is -2.41. The molecule has 1 aromatic rings. The number of aliphatic carboxylic acids is 1. The molecule has 0 saturated carbocycles. The van der Waals surface area contributed by atoms with Gasteiger partial charge in [-0.3, -0.25) is 9.59 Å². The summed E-state index contributed by atoms with van der Waals surface area (Å²) in [7, 11) is 0. The monoisotopic (exact) mass is 362 g/mol. The summed E-state index contributed by atoms with van der Waals surface area (Å²) in [5.41, 5.74) is 0.909. The van der Waals surface area contributed by atoms with Crippen LogP contribution in [0.4, 0.5) is 5.69 Å². The van der Waals surface area contributed by atoms with E-state index in [0.29, 0.717) is 50.3 Å². The number of ether oxygens (including phenoxy) is 1. The lowest BCUT2D eigenvalue weighted by atomic mass is 10.0. The zero-order valence-corrected chi connectivity index (χ0v) is 15.1. The Morgan fingerprint density at radius 3 is 2.85 bits per heavy atom. The number of benzene rings is 1. The van der Waals surface area contributed by atoms with Crippen molar-refractivity contribution in [3.8, 4) is 0 Å². The molecule has 1 fully saturated rings. The van der Waals surface area contributed by atoms with Gasteiger partial charge in [0, 0.05) is 37.4 Å². The van der Waals surface area contributed by atoms with Gasteiger partial charge in [-0.25, -0.2) is 4.79 Å². The number of rotatable bonds is 8. The van der Waals surface area contributed by atoms with Crippen LogP contribution in [-0.4, -0.2) is 53.6 Å². The van der Waals surface area contributed by atoms with E-state index in [-0.39, 0.29) is 11.8 Å². The third-order valence-corrected chi connectivity index (χ3v) is 4.34. The lowest BCUT2D eigenvalue weighted by molar-refractivity contribution is -0.143. The van der Waals surface area contributed by atoms with Crippen LogP contribution in [0.25, 0.3) is 0 Å². The van der Waals surface area contributed by atoms with Crippen molar-refractivity contribution in [1.29, 1.82) is 0 Å². The van der Waals surface area contributed by atoms with Crippen LogP contribution in [0.3, 0.4) is 0 Å². The molecular weight excluding hydrogens is 336 g/mol. The van der Waals surface area contributed by atoms with Gasteiger partial charge in [0.15, 0.2) is 0 Å². The molecule has 1 aromatic carbocycles. The number of hydrogen-bond acceptors (Lipinski definition) is 4. The van der Waals surface area contributed by atoms with Gasteiger partial charge in [0.2, 0.25) is 5.91 Å². The van der Waals surface area contributed by atoms with Gasteiger partial charge in [-0.05, 0) is 50.8 Å². The number of carboxylic acids is 1. The summed E-state index contributed by atoms with van der Waals surface area (Å²) in [5.74, 6) is -1.43. The molecule has 0 spiro atoms. The molecule has 0 radical (unpaired) electrons. The number of piperidine rings is 1. The highest BCUT2D eigenvalue weighted by atomic mass is 16.5. The zero-order chi connectivity index (χ0) is 18.9. The van der Waals surface area contributed by atoms with Crippen molar-refractivity contribution in [3.63, 3.8) is 0 Å². The summed E-state index contributed by atoms with van der Waals surface area (Å²) in [6, 6.07) is 5.84. The lowest BCUT2D eigenvalue weighted by Gasteiger charge is -2.33. The Morgan fingerprint density at radius 1 is 1.31 bits per heavy atom. The van der Waals surface area contributed by atoms with E-state index in [1.54, 1.807) is 24.3 Å². The molecule has 0 aliphatic carbocycles. The van der Waals surface area contributed by atoms with Gasteiger partial charge >= 0.3 is 5.97 Å². The Labute approximate surface area is 153 Å². The molecule has 1 atom stereocenters. The number of amides is 2. The Morgan fingerprint density at radius 2 is 2.12 bits per heavy atom. The second-order valence-corrected chi connectivity index (χ2v) is 6.28. The van der Waals surface area contributed by atoms with Crippen LogP contribution in [0.15, 0.2) is 24.3 Å². The molecule has 0 aromatic heterocycles. The highest BCUT2D eigenvalue weighted by Gasteiger charge is 2.32. The minimum Gasteiger partial charge on any atom is -0.480 e. The van der Waals surface area contributed by atoms with Crippen molar-refractivity contribution in [2.75, 3.05) is 25.1 Å². The molecule has 26 heavy (non-hydrogen) atoms. The van der Waals surface area contributed by atoms with Crippen molar-refractivity contribution in [3.05, 3.63) is 29.8 Å². The van der Waals surface area contributed by atoms with Crippen molar-refractivity contribution < 1.29 is 24.2 Å². The molecule has 1 saturated heterocycles. The summed E-state index contributed by atoms with van der Waals surface area (Å²) in [6.07, 6.45) is 3.04. The summed E-state index contributed by atoms with van der Waals surface area (Å²) in [5, 5.41) is 12.1.